The van der Waals surface area contributed by atoms with Crippen LogP contribution in [0.1, 0.15) is 13.8 Å². The monoisotopic (exact) mass is 346 g/mol. The smallest absolute Gasteiger partial charge is 0.422 e. The average Bonchev–Trinajstić information content (AvgIpc) is 2.49. The second-order valence-corrected chi connectivity index (χ2v) is 5.91. The summed E-state index contributed by atoms with van der Waals surface area (Å²) in [5.41, 5.74) is 0. The van der Waals surface area contributed by atoms with Crippen LogP contribution >= 0.6 is 0 Å². The lowest BCUT2D eigenvalue weighted by Crippen LogP contribution is -2.56. The number of nitrogens with one attached hydrogen (secondary N) is 1. The van der Waals surface area contributed by atoms with Crippen molar-refractivity contribution >= 4 is 5.91 Å². The average molecular weight is 346 g/mol. The summed E-state index contributed by atoms with van der Waals surface area (Å²) in [5, 5.41) is 3.32. The van der Waals surface area contributed by atoms with Gasteiger partial charge in [-0.2, -0.15) is 13.2 Å². The lowest BCUT2D eigenvalue weighted by molar-refractivity contribution is -0.153. The van der Waals surface area contributed by atoms with Crippen molar-refractivity contribution in [1.29, 1.82) is 0 Å². The highest BCUT2D eigenvalue weighted by Gasteiger charge is 2.29. The number of nitrogens with zero attached hydrogens (tertiary/aromatic N) is 1. The van der Waals surface area contributed by atoms with E-state index in [4.69, 9.17) is 9.47 Å². The van der Waals surface area contributed by atoms with E-state index in [1.54, 1.807) is 17.0 Å². The van der Waals surface area contributed by atoms with E-state index in [0.29, 0.717) is 13.1 Å². The van der Waals surface area contributed by atoms with Crippen LogP contribution in [0.15, 0.2) is 24.3 Å². The topological polar surface area (TPSA) is 50.8 Å². The summed E-state index contributed by atoms with van der Waals surface area (Å²) in [4.78, 5) is 13.9. The summed E-state index contributed by atoms with van der Waals surface area (Å²) in [6.07, 6.45) is -4.43. The van der Waals surface area contributed by atoms with Crippen molar-refractivity contribution in [3.63, 3.8) is 0 Å². The van der Waals surface area contributed by atoms with Crippen molar-refractivity contribution in [3.8, 4) is 11.5 Å². The minimum absolute atomic E-state index is 0.0373. The molecule has 0 spiro atoms. The molecule has 8 heteroatoms. The van der Waals surface area contributed by atoms with Gasteiger partial charge in [0, 0.05) is 25.2 Å². The molecule has 1 aliphatic heterocycles. The Kier molecular flexibility index (Phi) is 5.93. The van der Waals surface area contributed by atoms with Gasteiger partial charge < -0.3 is 19.7 Å². The number of amides is 1. The van der Waals surface area contributed by atoms with Gasteiger partial charge in [-0.15, -0.1) is 0 Å². The van der Waals surface area contributed by atoms with Crippen molar-refractivity contribution in [3.05, 3.63) is 24.3 Å². The first-order valence-electron chi connectivity index (χ1n) is 7.70. The molecule has 1 heterocycles. The van der Waals surface area contributed by atoms with Gasteiger partial charge in [0.2, 0.25) is 0 Å². The second-order valence-electron chi connectivity index (χ2n) is 5.91. The Balaban J connectivity index is 1.93. The number of ether oxygens (including phenoxy) is 2. The molecule has 1 fully saturated rings. The number of para-hydroxylation sites is 2. The molecule has 1 aromatic rings. The van der Waals surface area contributed by atoms with Crippen LogP contribution in [0.5, 0.6) is 11.5 Å². The van der Waals surface area contributed by atoms with Crippen molar-refractivity contribution < 1.29 is 27.4 Å². The van der Waals surface area contributed by atoms with E-state index >= 15 is 0 Å². The summed E-state index contributed by atoms with van der Waals surface area (Å²) in [5.74, 6) is -0.128. The molecule has 1 saturated heterocycles. The minimum atomic E-state index is -4.43. The Morgan fingerprint density at radius 2 is 1.71 bits per heavy atom. The molecule has 0 saturated carbocycles. The Morgan fingerprint density at radius 3 is 2.25 bits per heavy atom. The third kappa shape index (κ3) is 5.59. The van der Waals surface area contributed by atoms with Crippen molar-refractivity contribution in [1.82, 2.24) is 10.2 Å². The van der Waals surface area contributed by atoms with Gasteiger partial charge in [-0.1, -0.05) is 12.1 Å². The lowest BCUT2D eigenvalue weighted by atomic mass is 10.1. The van der Waals surface area contributed by atoms with E-state index in [1.165, 1.54) is 12.1 Å². The Morgan fingerprint density at radius 1 is 1.17 bits per heavy atom. The van der Waals surface area contributed by atoms with Crippen molar-refractivity contribution in [2.24, 2.45) is 0 Å². The number of hydrogen-bond acceptors (Lipinski definition) is 4. The number of piperazine rings is 1. The third-order valence-corrected chi connectivity index (χ3v) is 3.50. The van der Waals surface area contributed by atoms with Crippen molar-refractivity contribution in [2.75, 3.05) is 26.3 Å². The van der Waals surface area contributed by atoms with E-state index < -0.39 is 12.8 Å². The molecule has 0 radical (unpaired) electrons. The fourth-order valence-electron chi connectivity index (χ4n) is 2.61. The Hall–Kier alpha value is -1.96. The molecule has 24 heavy (non-hydrogen) atoms. The number of benzene rings is 1. The van der Waals surface area contributed by atoms with E-state index in [-0.39, 0.29) is 36.1 Å². The molecule has 1 aromatic carbocycles. The molecule has 1 amide bonds. The summed E-state index contributed by atoms with van der Waals surface area (Å²) in [6.45, 7) is 3.45. The van der Waals surface area contributed by atoms with Crippen molar-refractivity contribution in [2.45, 2.75) is 32.1 Å². The number of hydrogen-bond donors (Lipinski definition) is 1. The van der Waals surface area contributed by atoms with Gasteiger partial charge in [0.05, 0.1) is 0 Å². The molecule has 1 N–H and O–H groups in total. The summed E-state index contributed by atoms with van der Waals surface area (Å²) in [6, 6.07) is 6.36. The predicted octanol–water partition coefficient (Wildman–Crippen LogP) is 2.22. The van der Waals surface area contributed by atoms with Crippen LogP contribution < -0.4 is 14.8 Å². The molecule has 5 nitrogen and oxygen atoms in total. The van der Waals surface area contributed by atoms with Crippen LogP contribution in [0.25, 0.3) is 0 Å². The molecule has 0 unspecified atom stereocenters. The summed E-state index contributed by atoms with van der Waals surface area (Å²) < 4.78 is 46.9. The molecule has 2 rings (SSSR count). The van der Waals surface area contributed by atoms with Crippen LogP contribution in [-0.2, 0) is 4.79 Å². The van der Waals surface area contributed by atoms with Gasteiger partial charge in [-0.3, -0.25) is 4.79 Å². The van der Waals surface area contributed by atoms with E-state index in [9.17, 15) is 18.0 Å². The third-order valence-electron chi connectivity index (χ3n) is 3.50. The first kappa shape index (κ1) is 18.4. The van der Waals surface area contributed by atoms with Crippen LogP contribution in [-0.4, -0.2) is 55.4 Å². The highest BCUT2D eigenvalue weighted by molar-refractivity contribution is 5.78. The molecule has 2 atom stereocenters. The van der Waals surface area contributed by atoms with Gasteiger partial charge in [-0.25, -0.2) is 0 Å². The normalized spacial score (nSPS) is 21.5. The molecule has 134 valence electrons. The molecular formula is C16H21F3N2O3. The number of halogens is 3. The number of rotatable bonds is 5. The molecule has 1 aliphatic rings. The van der Waals surface area contributed by atoms with Crippen LogP contribution in [0.3, 0.4) is 0 Å². The van der Waals surface area contributed by atoms with Crippen LogP contribution in [0.4, 0.5) is 13.2 Å². The molecule has 0 bridgehead atoms. The zero-order valence-electron chi connectivity index (χ0n) is 13.6. The predicted molar refractivity (Wildman–Crippen MR) is 82.1 cm³/mol. The number of carbonyl (C=O) groups is 1. The molecule has 0 aliphatic carbocycles. The second kappa shape index (κ2) is 7.74. The lowest BCUT2D eigenvalue weighted by Gasteiger charge is -2.36. The van der Waals surface area contributed by atoms with Gasteiger partial charge >= 0.3 is 6.18 Å². The van der Waals surface area contributed by atoms with Gasteiger partial charge in [-0.05, 0) is 26.0 Å². The fraction of sp³-hybridized carbons (Fsp3) is 0.562. The summed E-state index contributed by atoms with van der Waals surface area (Å²) in [7, 11) is 0. The molecule has 0 aromatic heterocycles. The van der Waals surface area contributed by atoms with Gasteiger partial charge in [0.15, 0.2) is 24.7 Å². The maximum Gasteiger partial charge on any atom is 0.422 e. The first-order chi connectivity index (χ1) is 11.2. The number of alkyl halides is 3. The highest BCUT2D eigenvalue weighted by atomic mass is 19.4. The first-order valence-corrected chi connectivity index (χ1v) is 7.70. The summed E-state index contributed by atoms with van der Waals surface area (Å²) >= 11 is 0. The Bertz CT molecular complexity index is 556. The largest absolute Gasteiger partial charge is 0.480 e. The zero-order valence-corrected chi connectivity index (χ0v) is 13.6. The zero-order chi connectivity index (χ0) is 17.7. The SMILES string of the molecule is C[C@@H]1CN(C(=O)COc2ccccc2OCC(F)(F)F)C[C@@H](C)N1. The van der Waals surface area contributed by atoms with E-state index in [2.05, 4.69) is 5.32 Å². The van der Waals surface area contributed by atoms with Gasteiger partial charge in [0.1, 0.15) is 0 Å². The highest BCUT2D eigenvalue weighted by Crippen LogP contribution is 2.28. The molecular weight excluding hydrogens is 325 g/mol. The fourth-order valence-corrected chi connectivity index (χ4v) is 2.61. The maximum absolute atomic E-state index is 12.3. The Labute approximate surface area is 138 Å². The minimum Gasteiger partial charge on any atom is -0.480 e. The van der Waals surface area contributed by atoms with Gasteiger partial charge in [0.25, 0.3) is 5.91 Å². The van der Waals surface area contributed by atoms with Crippen LogP contribution in [0, 0.1) is 0 Å². The quantitative estimate of drug-likeness (QED) is 0.888. The van der Waals surface area contributed by atoms with E-state index in [0.717, 1.165) is 0 Å². The van der Waals surface area contributed by atoms with E-state index in [1.807, 2.05) is 13.8 Å². The van der Waals surface area contributed by atoms with Crippen LogP contribution in [0.2, 0.25) is 0 Å². The standard InChI is InChI=1S/C16H21F3N2O3/c1-11-7-21(8-12(2)20-11)15(22)9-23-13-5-3-4-6-14(13)24-10-16(17,18)19/h3-6,11-12,20H,7-10H2,1-2H3/t11-,12-/m1/s1. The maximum atomic E-state index is 12.3. The number of carbonyl (C=O) groups excluding carboxylic acids is 1.